The van der Waals surface area contributed by atoms with E-state index in [1.807, 2.05) is 19.9 Å². The van der Waals surface area contributed by atoms with Crippen LogP contribution < -0.4 is 14.8 Å². The average Bonchev–Trinajstić information content (AvgIpc) is 2.66. The highest BCUT2D eigenvalue weighted by Crippen LogP contribution is 2.34. The number of hydrogen-bond acceptors (Lipinski definition) is 4. The van der Waals surface area contributed by atoms with E-state index in [-0.39, 0.29) is 12.4 Å². The summed E-state index contributed by atoms with van der Waals surface area (Å²) in [5.41, 5.74) is 1.61. The molecule has 2 aromatic rings. The fraction of sp³-hybridized carbons (Fsp3) is 0.429. The standard InChI is InChI=1S/C21H26Cl2FNO3/c1-3-26-9-5-8-25-13-16-10-20(27-4-2)21(12-19(16)23)28-14-15-6-7-17(24)11-18(15)22/h6-7,10-12,25H,3-5,8-9,13-14H2,1-2H3. The zero-order valence-corrected chi connectivity index (χ0v) is 17.7. The first-order valence-corrected chi connectivity index (χ1v) is 10.1. The van der Waals surface area contributed by atoms with Crippen LogP contribution >= 0.6 is 23.2 Å². The summed E-state index contributed by atoms with van der Waals surface area (Å²) in [5, 5.41) is 4.25. The molecule has 0 aromatic heterocycles. The van der Waals surface area contributed by atoms with Gasteiger partial charge in [-0.25, -0.2) is 4.39 Å². The maximum atomic E-state index is 13.2. The highest BCUT2D eigenvalue weighted by molar-refractivity contribution is 6.31. The number of hydrogen-bond donors (Lipinski definition) is 1. The molecule has 0 saturated heterocycles. The predicted octanol–water partition coefficient (Wildman–Crippen LogP) is 5.63. The normalized spacial score (nSPS) is 10.9. The van der Waals surface area contributed by atoms with Gasteiger partial charge in [0, 0.05) is 36.4 Å². The van der Waals surface area contributed by atoms with Gasteiger partial charge in [-0.1, -0.05) is 29.3 Å². The number of benzene rings is 2. The van der Waals surface area contributed by atoms with E-state index in [1.165, 1.54) is 12.1 Å². The number of nitrogens with one attached hydrogen (secondary N) is 1. The first-order chi connectivity index (χ1) is 13.5. The fourth-order valence-corrected chi connectivity index (χ4v) is 3.00. The van der Waals surface area contributed by atoms with Gasteiger partial charge in [-0.2, -0.15) is 0 Å². The molecule has 0 saturated carbocycles. The zero-order chi connectivity index (χ0) is 20.4. The average molecular weight is 430 g/mol. The lowest BCUT2D eigenvalue weighted by Gasteiger charge is -2.16. The van der Waals surface area contributed by atoms with Crippen LogP contribution in [0.3, 0.4) is 0 Å². The van der Waals surface area contributed by atoms with Crippen LogP contribution in [0.4, 0.5) is 4.39 Å². The molecular formula is C21H26Cl2FNO3. The first kappa shape index (κ1) is 22.8. The van der Waals surface area contributed by atoms with Crippen molar-refractivity contribution < 1.29 is 18.6 Å². The Hall–Kier alpha value is -1.53. The molecular weight excluding hydrogens is 404 g/mol. The summed E-state index contributed by atoms with van der Waals surface area (Å²) in [6, 6.07) is 7.82. The summed E-state index contributed by atoms with van der Waals surface area (Å²) >= 11 is 12.5. The molecule has 2 rings (SSSR count). The molecule has 0 fully saturated rings. The van der Waals surface area contributed by atoms with Crippen LogP contribution in [0, 0.1) is 5.82 Å². The van der Waals surface area contributed by atoms with Gasteiger partial charge in [0.15, 0.2) is 11.5 Å². The van der Waals surface area contributed by atoms with Gasteiger partial charge in [0.1, 0.15) is 12.4 Å². The minimum absolute atomic E-state index is 0.185. The Bertz CT molecular complexity index is 759. The van der Waals surface area contributed by atoms with Crippen molar-refractivity contribution >= 4 is 23.2 Å². The Balaban J connectivity index is 2.02. The molecule has 0 aliphatic carbocycles. The molecule has 7 heteroatoms. The summed E-state index contributed by atoms with van der Waals surface area (Å²) < 4.78 is 30.1. The molecule has 0 amide bonds. The summed E-state index contributed by atoms with van der Waals surface area (Å²) in [6.45, 7) is 7.49. The Labute approximate surface area is 175 Å². The molecule has 0 bridgehead atoms. The molecule has 0 aliphatic rings. The van der Waals surface area contributed by atoms with E-state index >= 15 is 0 Å². The van der Waals surface area contributed by atoms with E-state index in [0.717, 1.165) is 31.7 Å². The minimum Gasteiger partial charge on any atom is -0.490 e. The maximum Gasteiger partial charge on any atom is 0.163 e. The van der Waals surface area contributed by atoms with Crippen molar-refractivity contribution in [3.8, 4) is 11.5 Å². The van der Waals surface area contributed by atoms with Crippen LogP contribution in [-0.2, 0) is 17.9 Å². The van der Waals surface area contributed by atoms with E-state index in [9.17, 15) is 4.39 Å². The lowest BCUT2D eigenvalue weighted by molar-refractivity contribution is 0.144. The highest BCUT2D eigenvalue weighted by Gasteiger charge is 2.12. The molecule has 4 nitrogen and oxygen atoms in total. The molecule has 1 N–H and O–H groups in total. The number of ether oxygens (including phenoxy) is 3. The van der Waals surface area contributed by atoms with Crippen LogP contribution in [0.5, 0.6) is 11.5 Å². The Morgan fingerprint density at radius 2 is 1.68 bits per heavy atom. The van der Waals surface area contributed by atoms with Gasteiger partial charge in [-0.3, -0.25) is 0 Å². The molecule has 0 aliphatic heterocycles. The number of halogens is 3. The molecule has 0 heterocycles. The predicted molar refractivity (Wildman–Crippen MR) is 111 cm³/mol. The van der Waals surface area contributed by atoms with E-state index in [1.54, 1.807) is 12.1 Å². The summed E-state index contributed by atoms with van der Waals surface area (Å²) in [6.07, 6.45) is 0.934. The van der Waals surface area contributed by atoms with Crippen LogP contribution in [-0.4, -0.2) is 26.4 Å². The van der Waals surface area contributed by atoms with Crippen LogP contribution in [0.25, 0.3) is 0 Å². The Kier molecular flexibility index (Phi) is 9.85. The van der Waals surface area contributed by atoms with Gasteiger partial charge in [0.2, 0.25) is 0 Å². The highest BCUT2D eigenvalue weighted by atomic mass is 35.5. The van der Waals surface area contributed by atoms with Crippen molar-refractivity contribution in [2.24, 2.45) is 0 Å². The maximum absolute atomic E-state index is 13.2. The van der Waals surface area contributed by atoms with Crippen molar-refractivity contribution in [2.45, 2.75) is 33.4 Å². The van der Waals surface area contributed by atoms with Gasteiger partial charge in [-0.05, 0) is 50.6 Å². The molecule has 0 radical (unpaired) electrons. The third kappa shape index (κ3) is 7.13. The smallest absolute Gasteiger partial charge is 0.163 e. The molecule has 0 unspecified atom stereocenters. The molecule has 0 spiro atoms. The Morgan fingerprint density at radius 1 is 0.929 bits per heavy atom. The van der Waals surface area contributed by atoms with Gasteiger partial charge >= 0.3 is 0 Å². The molecule has 28 heavy (non-hydrogen) atoms. The SMILES string of the molecule is CCOCCCNCc1cc(OCC)c(OCc2ccc(F)cc2Cl)cc1Cl. The summed E-state index contributed by atoms with van der Waals surface area (Å²) in [4.78, 5) is 0. The van der Waals surface area contributed by atoms with Crippen LogP contribution in [0.15, 0.2) is 30.3 Å². The third-order valence-corrected chi connectivity index (χ3v) is 4.68. The van der Waals surface area contributed by atoms with Crippen molar-refractivity contribution in [2.75, 3.05) is 26.4 Å². The second-order valence-corrected chi connectivity index (χ2v) is 6.89. The largest absolute Gasteiger partial charge is 0.490 e. The summed E-state index contributed by atoms with van der Waals surface area (Å²) in [5.74, 6) is 0.744. The number of rotatable bonds is 12. The first-order valence-electron chi connectivity index (χ1n) is 9.35. The van der Waals surface area contributed by atoms with E-state index in [4.69, 9.17) is 37.4 Å². The van der Waals surface area contributed by atoms with Gasteiger partial charge in [0.25, 0.3) is 0 Å². The van der Waals surface area contributed by atoms with Crippen molar-refractivity contribution in [1.82, 2.24) is 5.32 Å². The summed E-state index contributed by atoms with van der Waals surface area (Å²) in [7, 11) is 0. The van der Waals surface area contributed by atoms with E-state index in [0.29, 0.717) is 40.3 Å². The Morgan fingerprint density at radius 3 is 2.39 bits per heavy atom. The third-order valence-electron chi connectivity index (χ3n) is 3.97. The minimum atomic E-state index is -0.384. The second-order valence-electron chi connectivity index (χ2n) is 6.08. The van der Waals surface area contributed by atoms with Crippen molar-refractivity contribution in [3.63, 3.8) is 0 Å². The lowest BCUT2D eigenvalue weighted by Crippen LogP contribution is -2.16. The lowest BCUT2D eigenvalue weighted by atomic mass is 10.2. The van der Waals surface area contributed by atoms with Gasteiger partial charge in [0.05, 0.1) is 11.6 Å². The van der Waals surface area contributed by atoms with E-state index < -0.39 is 0 Å². The molecule has 0 atom stereocenters. The van der Waals surface area contributed by atoms with Crippen LogP contribution in [0.2, 0.25) is 10.0 Å². The van der Waals surface area contributed by atoms with Gasteiger partial charge in [-0.15, -0.1) is 0 Å². The second kappa shape index (κ2) is 12.1. The quantitative estimate of drug-likeness (QED) is 0.444. The van der Waals surface area contributed by atoms with Crippen LogP contribution in [0.1, 0.15) is 31.4 Å². The van der Waals surface area contributed by atoms with Gasteiger partial charge < -0.3 is 19.5 Å². The molecule has 2 aromatic carbocycles. The molecule has 154 valence electrons. The van der Waals surface area contributed by atoms with E-state index in [2.05, 4.69) is 5.32 Å². The fourth-order valence-electron chi connectivity index (χ4n) is 2.55. The zero-order valence-electron chi connectivity index (χ0n) is 16.2. The van der Waals surface area contributed by atoms with Crippen molar-refractivity contribution in [1.29, 1.82) is 0 Å². The monoisotopic (exact) mass is 429 g/mol. The van der Waals surface area contributed by atoms with Crippen molar-refractivity contribution in [3.05, 3.63) is 57.3 Å². The topological polar surface area (TPSA) is 39.7 Å².